The number of rotatable bonds is 4. The van der Waals surface area contributed by atoms with Gasteiger partial charge < -0.3 is 10.6 Å². The highest BCUT2D eigenvalue weighted by molar-refractivity contribution is 8.00. The number of thioether (sulfide) groups is 1. The van der Waals surface area contributed by atoms with E-state index in [0.717, 1.165) is 25.9 Å². The molecule has 0 aromatic carbocycles. The van der Waals surface area contributed by atoms with Crippen LogP contribution in [0.4, 0.5) is 5.82 Å². The standard InChI is InChI=1S/C11H14Cl2N4OS/c12-8-5-9(17-11(13)15-8)16-10(18)6-19-7-1-3-14-4-2-7/h5,7,14H,1-4,6H2,(H,15,16,17,18). The van der Waals surface area contributed by atoms with Gasteiger partial charge in [0.2, 0.25) is 11.2 Å². The Bertz CT molecular complexity index is 434. The van der Waals surface area contributed by atoms with Crippen molar-refractivity contribution in [3.8, 4) is 0 Å². The average Bonchev–Trinajstić information content (AvgIpc) is 2.36. The third-order valence-electron chi connectivity index (χ3n) is 2.67. The summed E-state index contributed by atoms with van der Waals surface area (Å²) < 4.78 is 0. The van der Waals surface area contributed by atoms with Gasteiger partial charge in [-0.1, -0.05) is 11.6 Å². The second-order valence-corrected chi connectivity index (χ2v) is 6.17. The number of halogens is 2. The van der Waals surface area contributed by atoms with Gasteiger partial charge in [-0.05, 0) is 37.5 Å². The van der Waals surface area contributed by atoms with Crippen molar-refractivity contribution < 1.29 is 4.79 Å². The number of piperidine rings is 1. The molecule has 0 bridgehead atoms. The van der Waals surface area contributed by atoms with Crippen molar-refractivity contribution in [2.75, 3.05) is 24.2 Å². The number of carbonyl (C=O) groups is 1. The number of nitrogens with one attached hydrogen (secondary N) is 2. The van der Waals surface area contributed by atoms with Crippen LogP contribution in [0.15, 0.2) is 6.07 Å². The first-order valence-electron chi connectivity index (χ1n) is 5.96. The molecule has 1 saturated heterocycles. The van der Waals surface area contributed by atoms with Gasteiger partial charge in [0.05, 0.1) is 5.75 Å². The van der Waals surface area contributed by atoms with Crippen LogP contribution in [0, 0.1) is 0 Å². The Morgan fingerprint density at radius 2 is 2.16 bits per heavy atom. The van der Waals surface area contributed by atoms with Crippen LogP contribution >= 0.6 is 35.0 Å². The lowest BCUT2D eigenvalue weighted by molar-refractivity contribution is -0.113. The summed E-state index contributed by atoms with van der Waals surface area (Å²) in [5, 5.41) is 6.74. The first-order valence-corrected chi connectivity index (χ1v) is 7.76. The van der Waals surface area contributed by atoms with Crippen molar-refractivity contribution in [2.24, 2.45) is 0 Å². The molecule has 0 aliphatic carbocycles. The van der Waals surface area contributed by atoms with Crippen LogP contribution in [0.1, 0.15) is 12.8 Å². The predicted octanol–water partition coefficient (Wildman–Crippen LogP) is 2.21. The van der Waals surface area contributed by atoms with E-state index in [9.17, 15) is 4.79 Å². The van der Waals surface area contributed by atoms with Crippen LogP contribution < -0.4 is 10.6 Å². The lowest BCUT2D eigenvalue weighted by atomic mass is 10.2. The molecule has 1 aromatic rings. The van der Waals surface area contributed by atoms with E-state index in [2.05, 4.69) is 20.6 Å². The molecule has 1 aliphatic rings. The molecule has 0 radical (unpaired) electrons. The Morgan fingerprint density at radius 1 is 1.42 bits per heavy atom. The maximum atomic E-state index is 11.8. The molecule has 2 heterocycles. The van der Waals surface area contributed by atoms with Gasteiger partial charge >= 0.3 is 0 Å². The summed E-state index contributed by atoms with van der Waals surface area (Å²) in [5.74, 6) is 0.638. The fourth-order valence-corrected chi connectivity index (χ4v) is 3.23. The lowest BCUT2D eigenvalue weighted by Crippen LogP contribution is -2.30. The van der Waals surface area contributed by atoms with Gasteiger partial charge in [0.1, 0.15) is 11.0 Å². The zero-order valence-corrected chi connectivity index (χ0v) is 12.5. The van der Waals surface area contributed by atoms with Crippen molar-refractivity contribution in [1.29, 1.82) is 0 Å². The Hall–Kier alpha value is -0.560. The summed E-state index contributed by atoms with van der Waals surface area (Å²) in [4.78, 5) is 19.4. The molecule has 1 fully saturated rings. The molecule has 1 aromatic heterocycles. The van der Waals surface area contributed by atoms with Gasteiger partial charge in [0.25, 0.3) is 0 Å². The number of nitrogens with zero attached hydrogens (tertiary/aromatic N) is 2. The summed E-state index contributed by atoms with van der Waals surface area (Å²) >= 11 is 13.1. The van der Waals surface area contributed by atoms with Crippen molar-refractivity contribution >= 4 is 46.7 Å². The Balaban J connectivity index is 1.80. The quantitative estimate of drug-likeness (QED) is 0.657. The minimum Gasteiger partial charge on any atom is -0.317 e. The predicted molar refractivity (Wildman–Crippen MR) is 79.0 cm³/mol. The Morgan fingerprint density at radius 3 is 2.84 bits per heavy atom. The first kappa shape index (κ1) is 14.8. The Labute approximate surface area is 125 Å². The Kier molecular flexibility index (Phi) is 5.69. The molecule has 2 N–H and O–H groups in total. The third kappa shape index (κ3) is 5.14. The second-order valence-electron chi connectivity index (χ2n) is 4.15. The number of amides is 1. The van der Waals surface area contributed by atoms with E-state index in [-0.39, 0.29) is 16.3 Å². The van der Waals surface area contributed by atoms with Gasteiger partial charge in [0, 0.05) is 11.3 Å². The van der Waals surface area contributed by atoms with Gasteiger partial charge in [-0.2, -0.15) is 0 Å². The van der Waals surface area contributed by atoms with Gasteiger partial charge in [-0.3, -0.25) is 4.79 Å². The molecule has 0 saturated carbocycles. The second kappa shape index (κ2) is 7.28. The molecular weight excluding hydrogens is 307 g/mol. The maximum Gasteiger partial charge on any atom is 0.235 e. The molecular formula is C11H14Cl2N4OS. The number of carbonyl (C=O) groups excluding carboxylic acids is 1. The summed E-state index contributed by atoms with van der Waals surface area (Å²) in [6.45, 7) is 2.05. The SMILES string of the molecule is O=C(CSC1CCNCC1)Nc1cc(Cl)nc(Cl)n1. The molecule has 0 atom stereocenters. The molecule has 19 heavy (non-hydrogen) atoms. The van der Waals surface area contributed by atoms with Gasteiger partial charge in [-0.25, -0.2) is 9.97 Å². The molecule has 2 rings (SSSR count). The molecule has 8 heteroatoms. The van der Waals surface area contributed by atoms with Crippen molar-refractivity contribution in [3.63, 3.8) is 0 Å². The third-order valence-corrected chi connectivity index (χ3v) is 4.41. The zero-order chi connectivity index (χ0) is 13.7. The van der Waals surface area contributed by atoms with Crippen molar-refractivity contribution in [3.05, 3.63) is 16.5 Å². The number of aromatic nitrogens is 2. The van der Waals surface area contributed by atoms with Crippen LogP contribution in [-0.4, -0.2) is 40.0 Å². The highest BCUT2D eigenvalue weighted by Gasteiger charge is 2.15. The van der Waals surface area contributed by atoms with E-state index < -0.39 is 0 Å². The highest BCUT2D eigenvalue weighted by atomic mass is 35.5. The van der Waals surface area contributed by atoms with Gasteiger partial charge in [0.15, 0.2) is 0 Å². The summed E-state index contributed by atoms with van der Waals surface area (Å²) in [5.41, 5.74) is 0. The summed E-state index contributed by atoms with van der Waals surface area (Å²) in [6, 6.07) is 1.47. The molecule has 0 unspecified atom stereocenters. The van der Waals surface area contributed by atoms with E-state index in [4.69, 9.17) is 23.2 Å². The summed E-state index contributed by atoms with van der Waals surface area (Å²) in [6.07, 6.45) is 2.20. The van der Waals surface area contributed by atoms with Crippen LogP contribution in [-0.2, 0) is 4.79 Å². The van der Waals surface area contributed by atoms with Crippen molar-refractivity contribution in [2.45, 2.75) is 18.1 Å². The normalized spacial score (nSPS) is 16.3. The average molecular weight is 321 g/mol. The molecule has 5 nitrogen and oxygen atoms in total. The van der Waals surface area contributed by atoms with E-state index in [1.807, 2.05) is 0 Å². The number of anilines is 1. The topological polar surface area (TPSA) is 66.9 Å². The van der Waals surface area contributed by atoms with Gasteiger partial charge in [-0.15, -0.1) is 11.8 Å². The molecule has 1 amide bonds. The fourth-order valence-electron chi connectivity index (χ4n) is 1.79. The summed E-state index contributed by atoms with van der Waals surface area (Å²) in [7, 11) is 0. The molecule has 0 spiro atoms. The minimum atomic E-state index is -0.102. The van der Waals surface area contributed by atoms with E-state index >= 15 is 0 Å². The van der Waals surface area contributed by atoms with Crippen LogP contribution in [0.5, 0.6) is 0 Å². The maximum absolute atomic E-state index is 11.8. The smallest absolute Gasteiger partial charge is 0.235 e. The number of hydrogen-bond donors (Lipinski definition) is 2. The van der Waals surface area contributed by atoms with Crippen LogP contribution in [0.25, 0.3) is 0 Å². The van der Waals surface area contributed by atoms with Crippen LogP contribution in [0.3, 0.4) is 0 Å². The van der Waals surface area contributed by atoms with Crippen LogP contribution in [0.2, 0.25) is 10.4 Å². The lowest BCUT2D eigenvalue weighted by Gasteiger charge is -2.21. The zero-order valence-electron chi connectivity index (χ0n) is 10.2. The number of hydrogen-bond acceptors (Lipinski definition) is 5. The van der Waals surface area contributed by atoms with E-state index in [0.29, 0.717) is 16.8 Å². The minimum absolute atomic E-state index is 0.0220. The van der Waals surface area contributed by atoms with Crippen molar-refractivity contribution in [1.82, 2.24) is 15.3 Å². The monoisotopic (exact) mass is 320 g/mol. The van der Waals surface area contributed by atoms with E-state index in [1.54, 1.807) is 11.8 Å². The largest absolute Gasteiger partial charge is 0.317 e. The molecule has 1 aliphatic heterocycles. The highest BCUT2D eigenvalue weighted by Crippen LogP contribution is 2.20. The first-order chi connectivity index (χ1) is 9.13. The fraction of sp³-hybridized carbons (Fsp3) is 0.545. The van der Waals surface area contributed by atoms with E-state index in [1.165, 1.54) is 6.07 Å². The molecule has 104 valence electrons.